The van der Waals surface area contributed by atoms with Crippen molar-refractivity contribution < 1.29 is 9.53 Å². The zero-order valence-corrected chi connectivity index (χ0v) is 11.3. The van der Waals surface area contributed by atoms with Crippen LogP contribution in [0.5, 0.6) is 0 Å². The average Bonchev–Trinajstić information content (AvgIpc) is 2.10. The summed E-state index contributed by atoms with van der Waals surface area (Å²) >= 11 is 3.33. The van der Waals surface area contributed by atoms with E-state index in [9.17, 15) is 4.79 Å². The highest BCUT2D eigenvalue weighted by molar-refractivity contribution is 9.12. The lowest BCUT2D eigenvalue weighted by atomic mass is 10.2. The van der Waals surface area contributed by atoms with E-state index in [0.29, 0.717) is 5.76 Å². The third-order valence-corrected chi connectivity index (χ3v) is 2.42. The van der Waals surface area contributed by atoms with Crippen molar-refractivity contribution in [3.05, 3.63) is 21.4 Å². The molecule has 0 saturated heterocycles. The predicted molar refractivity (Wildman–Crippen MR) is 65.2 cm³/mol. The lowest BCUT2D eigenvalue weighted by Gasteiger charge is -2.01. The first kappa shape index (κ1) is 14.0. The standard InChI is InChI=1S/C12H15BrO2/c1-8(2)11(13)6-7-12(9(3)4)15-10(5)14/h1-5H3. The van der Waals surface area contributed by atoms with Crippen LogP contribution in [0.4, 0.5) is 0 Å². The summed E-state index contributed by atoms with van der Waals surface area (Å²) in [5.41, 5.74) is 1.96. The molecule has 0 N–H and O–H groups in total. The van der Waals surface area contributed by atoms with E-state index in [-0.39, 0.29) is 5.97 Å². The van der Waals surface area contributed by atoms with Crippen molar-refractivity contribution >= 4 is 21.9 Å². The molecule has 0 fully saturated rings. The van der Waals surface area contributed by atoms with Crippen LogP contribution >= 0.6 is 15.9 Å². The fraction of sp³-hybridized carbons (Fsp3) is 0.417. The van der Waals surface area contributed by atoms with Gasteiger partial charge in [-0.25, -0.2) is 0 Å². The second kappa shape index (κ2) is 6.47. The van der Waals surface area contributed by atoms with E-state index in [4.69, 9.17) is 4.74 Å². The maximum absolute atomic E-state index is 10.8. The van der Waals surface area contributed by atoms with E-state index in [1.54, 1.807) is 0 Å². The molecule has 0 rings (SSSR count). The Morgan fingerprint density at radius 3 is 1.87 bits per heavy atom. The van der Waals surface area contributed by atoms with Crippen LogP contribution in [0.25, 0.3) is 0 Å². The molecule has 2 nitrogen and oxygen atoms in total. The fourth-order valence-corrected chi connectivity index (χ4v) is 0.732. The minimum Gasteiger partial charge on any atom is -0.417 e. The van der Waals surface area contributed by atoms with Crippen molar-refractivity contribution in [2.24, 2.45) is 0 Å². The van der Waals surface area contributed by atoms with E-state index < -0.39 is 0 Å². The van der Waals surface area contributed by atoms with E-state index in [1.807, 2.05) is 27.7 Å². The molecule has 0 aromatic heterocycles. The van der Waals surface area contributed by atoms with Gasteiger partial charge in [0.15, 0.2) is 5.76 Å². The zero-order chi connectivity index (χ0) is 12.0. The van der Waals surface area contributed by atoms with Gasteiger partial charge in [0.05, 0.1) is 4.48 Å². The minimum atomic E-state index is -0.353. The molecule has 0 spiro atoms. The molecule has 0 radical (unpaired) electrons. The van der Waals surface area contributed by atoms with Crippen LogP contribution in [-0.2, 0) is 9.53 Å². The number of rotatable bonds is 1. The van der Waals surface area contributed by atoms with Crippen LogP contribution in [0.2, 0.25) is 0 Å². The molecule has 0 bridgehead atoms. The number of hydrogen-bond donors (Lipinski definition) is 0. The van der Waals surface area contributed by atoms with Gasteiger partial charge in [0, 0.05) is 6.92 Å². The van der Waals surface area contributed by atoms with Crippen LogP contribution in [0.1, 0.15) is 34.6 Å². The largest absolute Gasteiger partial charge is 0.417 e. The summed E-state index contributed by atoms with van der Waals surface area (Å²) in [6.07, 6.45) is 0. The van der Waals surface area contributed by atoms with E-state index in [0.717, 1.165) is 15.6 Å². The predicted octanol–water partition coefficient (Wildman–Crippen LogP) is 3.54. The summed E-state index contributed by atoms with van der Waals surface area (Å²) in [5.74, 6) is 5.76. The number of ether oxygens (including phenoxy) is 1. The molecule has 0 unspecified atom stereocenters. The second-order valence-corrected chi connectivity index (χ2v) is 4.28. The van der Waals surface area contributed by atoms with Gasteiger partial charge in [-0.05, 0) is 55.1 Å². The molecule has 0 aliphatic carbocycles. The smallest absolute Gasteiger partial charge is 0.308 e. The first-order chi connectivity index (χ1) is 6.84. The van der Waals surface area contributed by atoms with Crippen LogP contribution in [-0.4, -0.2) is 5.97 Å². The van der Waals surface area contributed by atoms with Gasteiger partial charge < -0.3 is 4.74 Å². The highest BCUT2D eigenvalue weighted by Gasteiger charge is 2.00. The van der Waals surface area contributed by atoms with Crippen molar-refractivity contribution in [2.75, 3.05) is 0 Å². The lowest BCUT2D eigenvalue weighted by molar-refractivity contribution is -0.136. The van der Waals surface area contributed by atoms with Gasteiger partial charge in [0.2, 0.25) is 0 Å². The molecule has 3 heteroatoms. The number of allylic oxidation sites excluding steroid dienone is 4. The van der Waals surface area contributed by atoms with Gasteiger partial charge in [-0.2, -0.15) is 0 Å². The zero-order valence-electron chi connectivity index (χ0n) is 9.69. The molecular weight excluding hydrogens is 256 g/mol. The Kier molecular flexibility index (Phi) is 6.03. The first-order valence-electron chi connectivity index (χ1n) is 4.55. The molecular formula is C12H15BrO2. The fourth-order valence-electron chi connectivity index (χ4n) is 0.633. The maximum atomic E-state index is 10.8. The molecule has 0 saturated carbocycles. The van der Waals surface area contributed by atoms with Gasteiger partial charge in [-0.15, -0.1) is 0 Å². The van der Waals surface area contributed by atoms with Gasteiger partial charge in [0.1, 0.15) is 0 Å². The Bertz CT molecular complexity index is 370. The minimum absolute atomic E-state index is 0.353. The van der Waals surface area contributed by atoms with Crippen LogP contribution < -0.4 is 0 Å². The van der Waals surface area contributed by atoms with Gasteiger partial charge in [-0.1, -0.05) is 11.5 Å². The lowest BCUT2D eigenvalue weighted by Crippen LogP contribution is -1.98. The van der Waals surface area contributed by atoms with Crippen molar-refractivity contribution in [2.45, 2.75) is 34.6 Å². The third-order valence-electron chi connectivity index (χ3n) is 1.42. The van der Waals surface area contributed by atoms with Crippen LogP contribution in [0.3, 0.4) is 0 Å². The summed E-state index contributed by atoms with van der Waals surface area (Å²) in [7, 11) is 0. The Morgan fingerprint density at radius 2 is 1.53 bits per heavy atom. The molecule has 82 valence electrons. The summed E-state index contributed by atoms with van der Waals surface area (Å²) < 4.78 is 5.78. The number of hydrogen-bond acceptors (Lipinski definition) is 2. The van der Waals surface area contributed by atoms with Crippen LogP contribution in [0.15, 0.2) is 21.4 Å². The van der Waals surface area contributed by atoms with Gasteiger partial charge in [-0.3, -0.25) is 4.79 Å². The quantitative estimate of drug-likeness (QED) is 0.414. The highest BCUT2D eigenvalue weighted by atomic mass is 79.9. The summed E-state index contributed by atoms with van der Waals surface area (Å²) in [4.78, 5) is 10.8. The molecule has 0 atom stereocenters. The van der Waals surface area contributed by atoms with Crippen molar-refractivity contribution in [1.29, 1.82) is 0 Å². The second-order valence-electron chi connectivity index (χ2n) is 3.49. The monoisotopic (exact) mass is 270 g/mol. The molecule has 0 heterocycles. The normalized spacial score (nSPS) is 8.40. The third kappa shape index (κ3) is 6.14. The van der Waals surface area contributed by atoms with Crippen molar-refractivity contribution in [1.82, 2.24) is 0 Å². The Labute approximate surface area is 99.5 Å². The van der Waals surface area contributed by atoms with Gasteiger partial charge in [0.25, 0.3) is 0 Å². The van der Waals surface area contributed by atoms with Crippen molar-refractivity contribution in [3.63, 3.8) is 0 Å². The first-order valence-corrected chi connectivity index (χ1v) is 5.34. The number of halogens is 1. The SMILES string of the molecule is CC(=O)OC(C#CC(Br)=C(C)C)=C(C)C. The average molecular weight is 271 g/mol. The molecule has 0 aliphatic rings. The molecule has 0 amide bonds. The number of carbonyl (C=O) groups is 1. The highest BCUT2D eigenvalue weighted by Crippen LogP contribution is 2.11. The van der Waals surface area contributed by atoms with E-state index in [2.05, 4.69) is 27.8 Å². The summed E-state index contributed by atoms with van der Waals surface area (Å²) in [5, 5.41) is 0. The van der Waals surface area contributed by atoms with Gasteiger partial charge >= 0.3 is 5.97 Å². The topological polar surface area (TPSA) is 26.3 Å². The number of esters is 1. The Balaban J connectivity index is 4.96. The molecule has 15 heavy (non-hydrogen) atoms. The molecule has 0 aromatic rings. The maximum Gasteiger partial charge on any atom is 0.308 e. The molecule has 0 aromatic carbocycles. The molecule has 0 aliphatic heterocycles. The van der Waals surface area contributed by atoms with E-state index >= 15 is 0 Å². The Morgan fingerprint density at radius 1 is 1.00 bits per heavy atom. The summed E-state index contributed by atoms with van der Waals surface area (Å²) in [6, 6.07) is 0. The van der Waals surface area contributed by atoms with Crippen LogP contribution in [0, 0.1) is 11.8 Å². The summed E-state index contributed by atoms with van der Waals surface area (Å²) in [6.45, 7) is 8.97. The van der Waals surface area contributed by atoms with Crippen molar-refractivity contribution in [3.8, 4) is 11.8 Å². The van der Waals surface area contributed by atoms with E-state index in [1.165, 1.54) is 6.92 Å². The number of carbonyl (C=O) groups excluding carboxylic acids is 1. The Hall–Kier alpha value is -1.01.